The van der Waals surface area contributed by atoms with Gasteiger partial charge in [-0.25, -0.2) is 0 Å². The summed E-state index contributed by atoms with van der Waals surface area (Å²) in [7, 11) is -1.15. The van der Waals surface area contributed by atoms with Gasteiger partial charge in [0.1, 0.15) is 0 Å². The monoisotopic (exact) mass is 408 g/mol. The van der Waals surface area contributed by atoms with Gasteiger partial charge in [-0.15, -0.1) is 0 Å². The Kier molecular flexibility index (Phi) is 21.6. The van der Waals surface area contributed by atoms with Gasteiger partial charge < -0.3 is 0 Å². The van der Waals surface area contributed by atoms with Gasteiger partial charge in [0.2, 0.25) is 0 Å². The zero-order chi connectivity index (χ0) is 20.8. The SMILES string of the molecule is CCCCCCC=C[Si](C)(CCCCCCCC)CCCCCCCCCC. The maximum atomic E-state index is 2.76. The van der Waals surface area contributed by atoms with Crippen LogP contribution < -0.4 is 0 Å². The van der Waals surface area contributed by atoms with Gasteiger partial charge in [0, 0.05) is 0 Å². The molecule has 0 saturated carbocycles. The summed E-state index contributed by atoms with van der Waals surface area (Å²) in [5.41, 5.74) is 2.76. The van der Waals surface area contributed by atoms with Crippen LogP contribution in [0.15, 0.2) is 11.8 Å². The summed E-state index contributed by atoms with van der Waals surface area (Å²) in [6, 6.07) is 3.09. The van der Waals surface area contributed by atoms with Crippen LogP contribution in [0, 0.1) is 0 Å². The predicted octanol–water partition coefficient (Wildman–Crippen LogP) is 10.6. The lowest BCUT2D eigenvalue weighted by atomic mass is 10.1. The number of allylic oxidation sites excluding steroid dienone is 1. The molecule has 1 atom stereocenters. The maximum absolute atomic E-state index is 2.76. The van der Waals surface area contributed by atoms with Gasteiger partial charge in [0.05, 0.1) is 8.07 Å². The van der Waals surface area contributed by atoms with E-state index in [0.717, 1.165) is 0 Å². The summed E-state index contributed by atoms with van der Waals surface area (Å²) in [5.74, 6) is 0. The summed E-state index contributed by atoms with van der Waals surface area (Å²) in [5, 5.41) is 0. The van der Waals surface area contributed by atoms with Crippen LogP contribution in [0.1, 0.15) is 143 Å². The fourth-order valence-corrected chi connectivity index (χ4v) is 7.75. The van der Waals surface area contributed by atoms with Crippen molar-refractivity contribution < 1.29 is 0 Å². The van der Waals surface area contributed by atoms with Crippen molar-refractivity contribution in [3.8, 4) is 0 Å². The van der Waals surface area contributed by atoms with E-state index in [0.29, 0.717) is 0 Å². The Hall–Kier alpha value is -0.0431. The standard InChI is InChI=1S/C27H56Si/c1-5-8-11-14-17-18-21-24-27-28(4,25-22-19-15-12-9-6-2)26-23-20-16-13-10-7-3/h22,25H,5-21,23-24,26-27H2,1-4H3. The van der Waals surface area contributed by atoms with E-state index < -0.39 is 8.07 Å². The second-order valence-electron chi connectivity index (χ2n) is 9.65. The number of unbranched alkanes of at least 4 members (excludes halogenated alkanes) is 16. The lowest BCUT2D eigenvalue weighted by molar-refractivity contribution is 0.583. The third kappa shape index (κ3) is 19.3. The highest BCUT2D eigenvalue weighted by atomic mass is 28.3. The molecule has 0 heterocycles. The molecular formula is C27H56Si. The quantitative estimate of drug-likeness (QED) is 0.123. The Bertz CT molecular complexity index is 322. The van der Waals surface area contributed by atoms with Gasteiger partial charge in [-0.3, -0.25) is 0 Å². The van der Waals surface area contributed by atoms with E-state index in [4.69, 9.17) is 0 Å². The molecule has 0 aromatic carbocycles. The molecule has 1 unspecified atom stereocenters. The van der Waals surface area contributed by atoms with E-state index in [1.807, 2.05) is 0 Å². The van der Waals surface area contributed by atoms with E-state index in [2.05, 4.69) is 39.1 Å². The molecule has 28 heavy (non-hydrogen) atoms. The maximum Gasteiger partial charge on any atom is 0.0743 e. The molecule has 0 aromatic heterocycles. The second kappa shape index (κ2) is 21.7. The largest absolute Gasteiger partial charge is 0.0984 e. The van der Waals surface area contributed by atoms with Crippen LogP contribution in [-0.2, 0) is 0 Å². The van der Waals surface area contributed by atoms with Gasteiger partial charge in [-0.2, -0.15) is 0 Å². The van der Waals surface area contributed by atoms with Crippen LogP contribution >= 0.6 is 0 Å². The molecule has 0 spiro atoms. The van der Waals surface area contributed by atoms with Crippen LogP contribution in [0.2, 0.25) is 18.6 Å². The third-order valence-electron chi connectivity index (χ3n) is 6.45. The zero-order valence-corrected chi connectivity index (χ0v) is 21.5. The van der Waals surface area contributed by atoms with E-state index in [-0.39, 0.29) is 0 Å². The zero-order valence-electron chi connectivity index (χ0n) is 20.5. The Balaban J connectivity index is 4.13. The lowest BCUT2D eigenvalue weighted by Gasteiger charge is -2.24. The summed E-state index contributed by atoms with van der Waals surface area (Å²) in [6.07, 6.45) is 29.9. The highest BCUT2D eigenvalue weighted by molar-refractivity contribution is 6.83. The smallest absolute Gasteiger partial charge is 0.0743 e. The first kappa shape index (κ1) is 28.0. The Morgan fingerprint density at radius 1 is 0.464 bits per heavy atom. The van der Waals surface area contributed by atoms with Crippen LogP contribution in [0.3, 0.4) is 0 Å². The molecule has 0 fully saturated rings. The molecule has 0 bridgehead atoms. The molecule has 0 nitrogen and oxygen atoms in total. The van der Waals surface area contributed by atoms with Crippen molar-refractivity contribution in [1.82, 2.24) is 0 Å². The molecular weight excluding hydrogens is 352 g/mol. The van der Waals surface area contributed by atoms with Gasteiger partial charge in [-0.05, 0) is 12.8 Å². The normalized spacial score (nSPS) is 14.0. The van der Waals surface area contributed by atoms with Crippen molar-refractivity contribution >= 4 is 8.07 Å². The molecule has 1 heteroatoms. The highest BCUT2D eigenvalue weighted by Gasteiger charge is 2.22. The van der Waals surface area contributed by atoms with Crippen molar-refractivity contribution in [1.29, 1.82) is 0 Å². The summed E-state index contributed by atoms with van der Waals surface area (Å²) in [6.45, 7) is 9.62. The molecule has 0 saturated heterocycles. The second-order valence-corrected chi connectivity index (χ2v) is 14.3. The Labute approximate surface area is 181 Å². The first-order valence-corrected chi connectivity index (χ1v) is 16.4. The Morgan fingerprint density at radius 3 is 1.25 bits per heavy atom. The molecule has 0 N–H and O–H groups in total. The van der Waals surface area contributed by atoms with Gasteiger partial charge >= 0.3 is 0 Å². The lowest BCUT2D eigenvalue weighted by Crippen LogP contribution is -2.27. The van der Waals surface area contributed by atoms with Gasteiger partial charge in [0.25, 0.3) is 0 Å². The summed E-state index contributed by atoms with van der Waals surface area (Å²) < 4.78 is 0. The first-order chi connectivity index (χ1) is 13.7. The molecule has 0 amide bonds. The van der Waals surface area contributed by atoms with Crippen molar-refractivity contribution in [2.75, 3.05) is 0 Å². The average molecular weight is 409 g/mol. The van der Waals surface area contributed by atoms with Crippen LogP contribution in [0.5, 0.6) is 0 Å². The van der Waals surface area contributed by atoms with E-state index in [9.17, 15) is 0 Å². The van der Waals surface area contributed by atoms with Gasteiger partial charge in [0.15, 0.2) is 0 Å². The van der Waals surface area contributed by atoms with Crippen LogP contribution in [0.4, 0.5) is 0 Å². The minimum absolute atomic E-state index is 1.15. The molecule has 0 aliphatic carbocycles. The van der Waals surface area contributed by atoms with Crippen molar-refractivity contribution in [2.45, 2.75) is 161 Å². The first-order valence-electron chi connectivity index (χ1n) is 13.4. The summed E-state index contributed by atoms with van der Waals surface area (Å²) in [4.78, 5) is 0. The Morgan fingerprint density at radius 2 is 0.821 bits per heavy atom. The number of hydrogen-bond donors (Lipinski definition) is 0. The number of hydrogen-bond acceptors (Lipinski definition) is 0. The van der Waals surface area contributed by atoms with Crippen molar-refractivity contribution in [2.24, 2.45) is 0 Å². The third-order valence-corrected chi connectivity index (χ3v) is 10.5. The van der Waals surface area contributed by atoms with E-state index in [1.165, 1.54) is 122 Å². The predicted molar refractivity (Wildman–Crippen MR) is 135 cm³/mol. The highest BCUT2D eigenvalue weighted by Crippen LogP contribution is 2.25. The van der Waals surface area contributed by atoms with E-state index >= 15 is 0 Å². The minimum Gasteiger partial charge on any atom is -0.0984 e. The molecule has 168 valence electrons. The molecule has 0 aromatic rings. The average Bonchev–Trinajstić information content (AvgIpc) is 2.69. The molecule has 0 rings (SSSR count). The van der Waals surface area contributed by atoms with Crippen molar-refractivity contribution in [3.05, 3.63) is 11.8 Å². The molecule has 0 aliphatic rings. The van der Waals surface area contributed by atoms with Gasteiger partial charge in [-0.1, -0.05) is 160 Å². The van der Waals surface area contributed by atoms with Crippen molar-refractivity contribution in [3.63, 3.8) is 0 Å². The van der Waals surface area contributed by atoms with Crippen LogP contribution in [0.25, 0.3) is 0 Å². The fourth-order valence-electron chi connectivity index (χ4n) is 4.32. The molecule has 0 radical (unpaired) electrons. The van der Waals surface area contributed by atoms with Crippen LogP contribution in [-0.4, -0.2) is 8.07 Å². The molecule has 0 aliphatic heterocycles. The fraction of sp³-hybridized carbons (Fsp3) is 0.926. The number of rotatable bonds is 22. The van der Waals surface area contributed by atoms with E-state index in [1.54, 1.807) is 12.1 Å². The minimum atomic E-state index is -1.15. The summed E-state index contributed by atoms with van der Waals surface area (Å²) >= 11 is 0. The topological polar surface area (TPSA) is 0 Å².